The summed E-state index contributed by atoms with van der Waals surface area (Å²) in [7, 11) is -3.72. The lowest BCUT2D eigenvalue weighted by atomic mass is 10.1. The molecule has 5 nitrogen and oxygen atoms in total. The first-order valence-corrected chi connectivity index (χ1v) is 9.21. The Labute approximate surface area is 141 Å². The summed E-state index contributed by atoms with van der Waals surface area (Å²) < 4.78 is 31.4. The highest BCUT2D eigenvalue weighted by Gasteiger charge is 2.40. The number of nitrogens with zero attached hydrogens (tertiary/aromatic N) is 1. The minimum Gasteiger partial charge on any atom is -0.494 e. The zero-order valence-corrected chi connectivity index (χ0v) is 14.5. The van der Waals surface area contributed by atoms with E-state index in [0.717, 1.165) is 15.6 Å². The lowest BCUT2D eigenvalue weighted by Crippen LogP contribution is -2.31. The summed E-state index contributed by atoms with van der Waals surface area (Å²) in [6, 6.07) is 12.1. The molecule has 0 spiro atoms. The first-order valence-electron chi connectivity index (χ1n) is 7.77. The van der Waals surface area contributed by atoms with Crippen molar-refractivity contribution in [2.24, 2.45) is 0 Å². The van der Waals surface area contributed by atoms with E-state index in [-0.39, 0.29) is 17.0 Å². The van der Waals surface area contributed by atoms with Crippen LogP contribution in [0.15, 0.2) is 47.4 Å². The fraction of sp³-hybridized carbons (Fsp3) is 0.278. The Hall–Kier alpha value is -2.34. The zero-order chi connectivity index (χ0) is 17.3. The third kappa shape index (κ3) is 2.89. The molecule has 6 heteroatoms. The number of benzene rings is 2. The average molecular weight is 345 g/mol. The van der Waals surface area contributed by atoms with Crippen molar-refractivity contribution in [2.45, 2.75) is 25.2 Å². The Morgan fingerprint density at radius 1 is 1.04 bits per heavy atom. The number of rotatable bonds is 5. The van der Waals surface area contributed by atoms with E-state index >= 15 is 0 Å². The number of hydrogen-bond acceptors (Lipinski definition) is 4. The summed E-state index contributed by atoms with van der Waals surface area (Å²) in [6.45, 7) is 4.49. The van der Waals surface area contributed by atoms with Crippen LogP contribution in [0.4, 0.5) is 0 Å². The Kier molecular flexibility index (Phi) is 4.32. The summed E-state index contributed by atoms with van der Waals surface area (Å²) >= 11 is 0. The lowest BCUT2D eigenvalue weighted by Gasteiger charge is -2.15. The van der Waals surface area contributed by atoms with Gasteiger partial charge in [0.15, 0.2) is 0 Å². The molecule has 0 atom stereocenters. The van der Waals surface area contributed by atoms with Gasteiger partial charge < -0.3 is 4.74 Å². The molecule has 0 bridgehead atoms. The predicted octanol–water partition coefficient (Wildman–Crippen LogP) is 2.92. The molecule has 24 heavy (non-hydrogen) atoms. The zero-order valence-electron chi connectivity index (χ0n) is 13.7. The second kappa shape index (κ2) is 6.28. The van der Waals surface area contributed by atoms with Gasteiger partial charge in [0.25, 0.3) is 15.9 Å². The van der Waals surface area contributed by atoms with Crippen LogP contribution in [0.1, 0.15) is 27.9 Å². The van der Waals surface area contributed by atoms with Crippen LogP contribution < -0.4 is 4.74 Å². The van der Waals surface area contributed by atoms with Crippen LogP contribution in [-0.4, -0.2) is 31.8 Å². The second-order valence-electron chi connectivity index (χ2n) is 5.83. The highest BCUT2D eigenvalue weighted by molar-refractivity contribution is 7.90. The smallest absolute Gasteiger partial charge is 0.269 e. The fourth-order valence-corrected chi connectivity index (χ4v) is 4.26. The van der Waals surface area contributed by atoms with Gasteiger partial charge in [-0.15, -0.1) is 0 Å². The fourth-order valence-electron chi connectivity index (χ4n) is 2.65. The molecule has 0 saturated heterocycles. The highest BCUT2D eigenvalue weighted by atomic mass is 32.2. The molecule has 0 aliphatic carbocycles. The summed E-state index contributed by atoms with van der Waals surface area (Å²) in [4.78, 5) is 12.4. The molecule has 0 aromatic heterocycles. The predicted molar refractivity (Wildman–Crippen MR) is 90.7 cm³/mol. The van der Waals surface area contributed by atoms with Crippen molar-refractivity contribution >= 4 is 15.9 Å². The van der Waals surface area contributed by atoms with Gasteiger partial charge in [0, 0.05) is 13.0 Å². The van der Waals surface area contributed by atoms with Gasteiger partial charge in [-0.3, -0.25) is 4.79 Å². The van der Waals surface area contributed by atoms with Gasteiger partial charge in [0.05, 0.1) is 12.2 Å². The molecule has 0 N–H and O–H groups in total. The number of carbonyl (C=O) groups is 1. The minimum absolute atomic E-state index is 0.0880. The largest absolute Gasteiger partial charge is 0.494 e. The Morgan fingerprint density at radius 3 is 2.50 bits per heavy atom. The monoisotopic (exact) mass is 345 g/mol. The lowest BCUT2D eigenvalue weighted by molar-refractivity contribution is 0.0866. The number of fused-ring (bicyclic) bond motifs is 1. The SMILES string of the molecule is Cc1ccc(OCCCN2C(=O)c3ccccc3S2(=O)=O)cc1C. The van der Waals surface area contributed by atoms with Gasteiger partial charge in [0.2, 0.25) is 0 Å². The van der Waals surface area contributed by atoms with Crippen molar-refractivity contribution in [1.29, 1.82) is 0 Å². The molecule has 1 aliphatic heterocycles. The third-order valence-electron chi connectivity index (χ3n) is 4.16. The topological polar surface area (TPSA) is 63.7 Å². The molecule has 0 unspecified atom stereocenters. The van der Waals surface area contributed by atoms with E-state index in [1.165, 1.54) is 11.6 Å². The van der Waals surface area contributed by atoms with E-state index in [1.807, 2.05) is 32.0 Å². The van der Waals surface area contributed by atoms with Gasteiger partial charge in [-0.1, -0.05) is 18.2 Å². The molecular weight excluding hydrogens is 326 g/mol. The van der Waals surface area contributed by atoms with Crippen LogP contribution in [0.3, 0.4) is 0 Å². The maximum atomic E-state index is 12.4. The van der Waals surface area contributed by atoms with E-state index in [4.69, 9.17) is 4.74 Å². The van der Waals surface area contributed by atoms with Gasteiger partial charge in [0.1, 0.15) is 10.6 Å². The first-order chi connectivity index (χ1) is 11.4. The van der Waals surface area contributed by atoms with Crippen molar-refractivity contribution in [3.8, 4) is 5.75 Å². The molecule has 2 aromatic rings. The molecule has 1 heterocycles. The quantitative estimate of drug-likeness (QED) is 0.782. The molecule has 126 valence electrons. The third-order valence-corrected chi connectivity index (χ3v) is 6.01. The van der Waals surface area contributed by atoms with Crippen LogP contribution in [0, 0.1) is 13.8 Å². The normalized spacial score (nSPS) is 15.4. The van der Waals surface area contributed by atoms with Crippen molar-refractivity contribution < 1.29 is 17.9 Å². The number of sulfonamides is 1. The number of ether oxygens (including phenoxy) is 1. The number of hydrogen-bond donors (Lipinski definition) is 0. The Bertz CT molecular complexity index is 890. The van der Waals surface area contributed by atoms with Gasteiger partial charge in [-0.05, 0) is 49.2 Å². The van der Waals surface area contributed by atoms with Crippen molar-refractivity contribution in [3.05, 3.63) is 59.2 Å². The van der Waals surface area contributed by atoms with E-state index < -0.39 is 15.9 Å². The molecule has 0 radical (unpaired) electrons. The molecule has 0 saturated carbocycles. The molecule has 0 fully saturated rings. The second-order valence-corrected chi connectivity index (χ2v) is 7.66. The van der Waals surface area contributed by atoms with Gasteiger partial charge >= 0.3 is 0 Å². The van der Waals surface area contributed by atoms with Crippen LogP contribution in [0.2, 0.25) is 0 Å². The summed E-state index contributed by atoms with van der Waals surface area (Å²) in [5.74, 6) is 0.286. The molecule has 1 amide bonds. The minimum atomic E-state index is -3.72. The van der Waals surface area contributed by atoms with E-state index in [9.17, 15) is 13.2 Å². The van der Waals surface area contributed by atoms with Crippen LogP contribution in [0.25, 0.3) is 0 Å². The summed E-state index contributed by atoms with van der Waals surface area (Å²) in [5, 5.41) is 0. The van der Waals surface area contributed by atoms with E-state index in [0.29, 0.717) is 13.0 Å². The molecular formula is C18H19NO4S. The number of amides is 1. The Morgan fingerprint density at radius 2 is 1.79 bits per heavy atom. The molecule has 2 aromatic carbocycles. The number of carbonyl (C=O) groups excluding carboxylic acids is 1. The van der Waals surface area contributed by atoms with Crippen LogP contribution >= 0.6 is 0 Å². The summed E-state index contributed by atoms with van der Waals surface area (Å²) in [6.07, 6.45) is 0.436. The standard InChI is InChI=1S/C18H19NO4S/c1-13-8-9-15(12-14(13)2)23-11-5-10-19-18(20)16-6-3-4-7-17(16)24(19,21)22/h3-4,6-9,12H,5,10-11H2,1-2H3. The highest BCUT2D eigenvalue weighted by Crippen LogP contribution is 2.29. The first kappa shape index (κ1) is 16.5. The van der Waals surface area contributed by atoms with Crippen molar-refractivity contribution in [1.82, 2.24) is 4.31 Å². The van der Waals surface area contributed by atoms with Crippen LogP contribution in [-0.2, 0) is 10.0 Å². The molecule has 1 aliphatic rings. The van der Waals surface area contributed by atoms with E-state index in [2.05, 4.69) is 0 Å². The Balaban J connectivity index is 1.61. The van der Waals surface area contributed by atoms with Gasteiger partial charge in [-0.2, -0.15) is 0 Å². The van der Waals surface area contributed by atoms with Crippen molar-refractivity contribution in [2.75, 3.05) is 13.2 Å². The maximum absolute atomic E-state index is 12.4. The average Bonchev–Trinajstić information content (AvgIpc) is 2.75. The van der Waals surface area contributed by atoms with Gasteiger partial charge in [-0.25, -0.2) is 12.7 Å². The molecule has 3 rings (SSSR count). The maximum Gasteiger partial charge on any atom is 0.269 e. The number of aryl methyl sites for hydroxylation is 2. The van der Waals surface area contributed by atoms with E-state index in [1.54, 1.807) is 18.2 Å². The van der Waals surface area contributed by atoms with Crippen molar-refractivity contribution in [3.63, 3.8) is 0 Å². The van der Waals surface area contributed by atoms with Crippen LogP contribution in [0.5, 0.6) is 5.75 Å². The summed E-state index contributed by atoms with van der Waals surface area (Å²) in [5.41, 5.74) is 2.57.